The van der Waals surface area contributed by atoms with E-state index in [0.29, 0.717) is 28.7 Å². The van der Waals surface area contributed by atoms with Gasteiger partial charge in [0, 0.05) is 41.3 Å². The molecule has 0 unspecified atom stereocenters. The Hall–Kier alpha value is -4.46. The Bertz CT molecular complexity index is 1590. The van der Waals surface area contributed by atoms with Gasteiger partial charge in [0.2, 0.25) is 11.2 Å². The van der Waals surface area contributed by atoms with Crippen LogP contribution in [0, 0.1) is 6.92 Å². The molecule has 0 amide bonds. The molecule has 0 aliphatic rings. The molecule has 0 radical (unpaired) electrons. The quantitative estimate of drug-likeness (QED) is 0.390. The molecule has 34 heavy (non-hydrogen) atoms. The minimum atomic E-state index is -0.526. The first-order chi connectivity index (χ1) is 16.4. The molecule has 2 N–H and O–H groups in total. The largest absolute Gasteiger partial charge is 0.501 e. The Labute approximate surface area is 195 Å². The first kappa shape index (κ1) is 21.4. The average Bonchev–Trinajstić information content (AvgIpc) is 3.42. The van der Waals surface area contributed by atoms with Crippen LogP contribution >= 0.6 is 0 Å². The first-order valence-electron chi connectivity index (χ1n) is 10.6. The zero-order valence-corrected chi connectivity index (χ0v) is 19.2. The van der Waals surface area contributed by atoms with Gasteiger partial charge in [-0.1, -0.05) is 12.1 Å². The summed E-state index contributed by atoms with van der Waals surface area (Å²) in [5, 5.41) is 11.5. The molecular formula is C26H23N3O5. The number of methoxy groups -OCH3 is 2. The smallest absolute Gasteiger partial charge is 0.227 e. The number of fused-ring (bicyclic) bond motifs is 1. The standard InChI is InChI=1S/C26H23N3O5/c1-14-10-21(30)24(31)25(34-14)23-22(15-6-5-7-16(11-15)32-3)27-26(28-23)19-13-29(2)20-9-8-17(33-4)12-18(19)20/h5-13,31H,1-4H3,(H,27,28). The van der Waals surface area contributed by atoms with Gasteiger partial charge in [-0.25, -0.2) is 4.98 Å². The Balaban J connectivity index is 1.81. The molecule has 0 spiro atoms. The van der Waals surface area contributed by atoms with Gasteiger partial charge < -0.3 is 28.5 Å². The molecule has 0 atom stereocenters. The Morgan fingerprint density at radius 2 is 1.82 bits per heavy atom. The van der Waals surface area contributed by atoms with Crippen molar-refractivity contribution in [2.24, 2.45) is 7.05 Å². The number of ether oxygens (including phenoxy) is 2. The summed E-state index contributed by atoms with van der Waals surface area (Å²) in [7, 11) is 5.17. The monoisotopic (exact) mass is 457 g/mol. The number of aryl methyl sites for hydroxylation is 2. The van der Waals surface area contributed by atoms with Crippen LogP contribution in [-0.4, -0.2) is 33.9 Å². The Morgan fingerprint density at radius 3 is 2.59 bits per heavy atom. The molecule has 0 aliphatic heterocycles. The minimum Gasteiger partial charge on any atom is -0.501 e. The normalized spacial score (nSPS) is 11.2. The number of hydrogen-bond donors (Lipinski definition) is 2. The van der Waals surface area contributed by atoms with Crippen LogP contribution in [0.3, 0.4) is 0 Å². The van der Waals surface area contributed by atoms with Crippen LogP contribution in [0.4, 0.5) is 0 Å². The summed E-state index contributed by atoms with van der Waals surface area (Å²) in [6.07, 6.45) is 1.97. The molecule has 0 bridgehead atoms. The third-order valence-corrected chi connectivity index (χ3v) is 5.77. The van der Waals surface area contributed by atoms with Crippen LogP contribution in [0.25, 0.3) is 45.0 Å². The molecule has 8 heteroatoms. The van der Waals surface area contributed by atoms with E-state index < -0.39 is 11.2 Å². The van der Waals surface area contributed by atoms with E-state index in [1.165, 1.54) is 6.07 Å². The van der Waals surface area contributed by atoms with Crippen LogP contribution in [0.1, 0.15) is 5.76 Å². The van der Waals surface area contributed by atoms with Crippen LogP contribution < -0.4 is 14.9 Å². The summed E-state index contributed by atoms with van der Waals surface area (Å²) in [6.45, 7) is 1.66. The van der Waals surface area contributed by atoms with Gasteiger partial charge in [-0.05, 0) is 37.3 Å². The Kier molecular flexibility index (Phi) is 5.13. The van der Waals surface area contributed by atoms with E-state index in [4.69, 9.17) is 18.9 Å². The van der Waals surface area contributed by atoms with Crippen molar-refractivity contribution in [1.29, 1.82) is 0 Å². The Morgan fingerprint density at radius 1 is 1.06 bits per heavy atom. The van der Waals surface area contributed by atoms with Gasteiger partial charge in [0.05, 0.1) is 14.2 Å². The molecule has 3 heterocycles. The predicted octanol–water partition coefficient (Wildman–Crippen LogP) is 4.89. The lowest BCUT2D eigenvalue weighted by atomic mass is 10.1. The number of aromatic amines is 1. The highest BCUT2D eigenvalue weighted by Gasteiger charge is 2.23. The number of H-pyrrole nitrogens is 1. The molecule has 172 valence electrons. The van der Waals surface area contributed by atoms with Gasteiger partial charge in [-0.2, -0.15) is 0 Å². The molecule has 2 aromatic carbocycles. The zero-order chi connectivity index (χ0) is 24.0. The van der Waals surface area contributed by atoms with Gasteiger partial charge in [0.1, 0.15) is 34.5 Å². The number of nitrogens with zero attached hydrogens (tertiary/aromatic N) is 2. The van der Waals surface area contributed by atoms with Gasteiger partial charge in [-0.3, -0.25) is 4.79 Å². The van der Waals surface area contributed by atoms with Crippen LogP contribution in [-0.2, 0) is 7.05 Å². The second kappa shape index (κ2) is 8.15. The van der Waals surface area contributed by atoms with Crippen molar-refractivity contribution in [2.75, 3.05) is 14.2 Å². The van der Waals surface area contributed by atoms with Crippen molar-refractivity contribution in [3.05, 3.63) is 70.7 Å². The van der Waals surface area contributed by atoms with Crippen molar-refractivity contribution in [1.82, 2.24) is 14.5 Å². The maximum atomic E-state index is 12.3. The lowest BCUT2D eigenvalue weighted by molar-refractivity contribution is 0.415. The first-order valence-corrected chi connectivity index (χ1v) is 10.6. The van der Waals surface area contributed by atoms with E-state index in [-0.39, 0.29) is 5.76 Å². The van der Waals surface area contributed by atoms with E-state index in [1.807, 2.05) is 60.3 Å². The minimum absolute atomic E-state index is 0.0272. The highest BCUT2D eigenvalue weighted by Crippen LogP contribution is 2.39. The topological polar surface area (TPSA) is 103 Å². The predicted molar refractivity (Wildman–Crippen MR) is 129 cm³/mol. The number of nitrogens with one attached hydrogen (secondary N) is 1. The summed E-state index contributed by atoms with van der Waals surface area (Å²) in [5.74, 6) is 1.85. The van der Waals surface area contributed by atoms with Crippen molar-refractivity contribution in [3.63, 3.8) is 0 Å². The van der Waals surface area contributed by atoms with E-state index in [1.54, 1.807) is 21.1 Å². The number of hydrogen-bond acceptors (Lipinski definition) is 6. The second-order valence-electron chi connectivity index (χ2n) is 7.98. The number of imidazole rings is 1. The molecular weight excluding hydrogens is 434 g/mol. The third kappa shape index (κ3) is 3.49. The molecule has 0 fully saturated rings. The molecule has 0 saturated heterocycles. The zero-order valence-electron chi connectivity index (χ0n) is 19.2. The number of benzene rings is 2. The van der Waals surface area contributed by atoms with Crippen LogP contribution in [0.15, 0.2) is 63.9 Å². The highest BCUT2D eigenvalue weighted by molar-refractivity contribution is 5.96. The summed E-state index contributed by atoms with van der Waals surface area (Å²) < 4.78 is 18.6. The third-order valence-electron chi connectivity index (χ3n) is 5.77. The summed E-state index contributed by atoms with van der Waals surface area (Å²) >= 11 is 0. The molecule has 3 aromatic heterocycles. The number of aromatic hydroxyl groups is 1. The lowest BCUT2D eigenvalue weighted by Crippen LogP contribution is -2.01. The molecule has 0 saturated carbocycles. The molecule has 0 aliphatic carbocycles. The van der Waals surface area contributed by atoms with Crippen molar-refractivity contribution in [3.8, 4) is 51.3 Å². The fourth-order valence-electron chi connectivity index (χ4n) is 4.10. The van der Waals surface area contributed by atoms with E-state index in [0.717, 1.165) is 27.8 Å². The van der Waals surface area contributed by atoms with E-state index >= 15 is 0 Å². The van der Waals surface area contributed by atoms with Gasteiger partial charge in [0.15, 0.2) is 5.76 Å². The molecule has 5 aromatic rings. The van der Waals surface area contributed by atoms with Crippen molar-refractivity contribution >= 4 is 10.9 Å². The maximum Gasteiger partial charge on any atom is 0.227 e. The summed E-state index contributed by atoms with van der Waals surface area (Å²) in [4.78, 5) is 20.5. The number of aromatic nitrogens is 3. The SMILES string of the molecule is COc1cccc(-c2nc(-c3cn(C)c4ccc(OC)cc34)[nH]c2-c2oc(C)cc(=O)c2O)c1. The van der Waals surface area contributed by atoms with Crippen molar-refractivity contribution in [2.45, 2.75) is 6.92 Å². The van der Waals surface area contributed by atoms with E-state index in [9.17, 15) is 9.90 Å². The van der Waals surface area contributed by atoms with Gasteiger partial charge in [0.25, 0.3) is 0 Å². The second-order valence-corrected chi connectivity index (χ2v) is 7.98. The van der Waals surface area contributed by atoms with E-state index in [2.05, 4.69) is 4.98 Å². The highest BCUT2D eigenvalue weighted by atomic mass is 16.5. The van der Waals surface area contributed by atoms with Crippen molar-refractivity contribution < 1.29 is 19.0 Å². The lowest BCUT2D eigenvalue weighted by Gasteiger charge is -2.06. The van der Waals surface area contributed by atoms with Gasteiger partial charge in [-0.15, -0.1) is 0 Å². The summed E-state index contributed by atoms with van der Waals surface area (Å²) in [6, 6.07) is 14.5. The van der Waals surface area contributed by atoms with Crippen LogP contribution in [0.5, 0.6) is 17.2 Å². The molecule has 5 rings (SSSR count). The fraction of sp³-hybridized carbons (Fsp3) is 0.154. The molecule has 8 nitrogen and oxygen atoms in total. The maximum absolute atomic E-state index is 12.3. The van der Waals surface area contributed by atoms with Gasteiger partial charge >= 0.3 is 0 Å². The fourth-order valence-corrected chi connectivity index (χ4v) is 4.10. The number of rotatable bonds is 5. The summed E-state index contributed by atoms with van der Waals surface area (Å²) in [5.41, 5.74) is 2.95. The van der Waals surface area contributed by atoms with Crippen LogP contribution in [0.2, 0.25) is 0 Å². The average molecular weight is 457 g/mol.